The van der Waals surface area contributed by atoms with Gasteiger partial charge in [-0.05, 0) is 43.5 Å². The van der Waals surface area contributed by atoms with Crippen molar-refractivity contribution in [3.63, 3.8) is 0 Å². The predicted molar refractivity (Wildman–Crippen MR) is 81.9 cm³/mol. The molecule has 1 aromatic rings. The molecule has 3 nitrogen and oxygen atoms in total. The average molecular weight is 298 g/mol. The van der Waals surface area contributed by atoms with Gasteiger partial charge in [0.1, 0.15) is 0 Å². The number of aliphatic hydroxyl groups is 2. The second-order valence-electron chi connectivity index (χ2n) is 5.90. The Hall–Kier alpha value is -0.610. The molecular formula is C16H24ClNO2. The molecule has 0 bridgehead atoms. The third-order valence-corrected chi connectivity index (χ3v) is 4.37. The SMILES string of the molecule is CN(CC(O)c1cccc(Cl)c1)CC1CCCCC1O. The zero-order valence-corrected chi connectivity index (χ0v) is 12.8. The second kappa shape index (κ2) is 7.41. The van der Waals surface area contributed by atoms with Crippen LogP contribution in [0.25, 0.3) is 0 Å². The monoisotopic (exact) mass is 297 g/mol. The van der Waals surface area contributed by atoms with Crippen LogP contribution in [-0.2, 0) is 0 Å². The van der Waals surface area contributed by atoms with Gasteiger partial charge in [-0.2, -0.15) is 0 Å². The van der Waals surface area contributed by atoms with E-state index in [9.17, 15) is 10.2 Å². The van der Waals surface area contributed by atoms with Crippen LogP contribution in [0.2, 0.25) is 5.02 Å². The van der Waals surface area contributed by atoms with E-state index in [0.717, 1.165) is 31.4 Å². The van der Waals surface area contributed by atoms with E-state index in [2.05, 4.69) is 4.90 Å². The van der Waals surface area contributed by atoms with Crippen LogP contribution in [0.5, 0.6) is 0 Å². The molecule has 0 amide bonds. The van der Waals surface area contributed by atoms with Crippen LogP contribution >= 0.6 is 11.6 Å². The molecule has 4 heteroatoms. The summed E-state index contributed by atoms with van der Waals surface area (Å²) in [5.41, 5.74) is 0.841. The quantitative estimate of drug-likeness (QED) is 0.878. The number of hydrogen-bond acceptors (Lipinski definition) is 3. The summed E-state index contributed by atoms with van der Waals surface area (Å²) in [7, 11) is 2.00. The van der Waals surface area contributed by atoms with Crippen LogP contribution in [0.4, 0.5) is 0 Å². The van der Waals surface area contributed by atoms with Gasteiger partial charge in [0.05, 0.1) is 12.2 Å². The van der Waals surface area contributed by atoms with Gasteiger partial charge in [0.2, 0.25) is 0 Å². The highest BCUT2D eigenvalue weighted by molar-refractivity contribution is 6.30. The van der Waals surface area contributed by atoms with Gasteiger partial charge >= 0.3 is 0 Å². The smallest absolute Gasteiger partial charge is 0.0917 e. The number of hydrogen-bond donors (Lipinski definition) is 2. The Kier molecular flexibility index (Phi) is 5.85. The minimum absolute atomic E-state index is 0.186. The number of halogens is 1. The highest BCUT2D eigenvalue weighted by Gasteiger charge is 2.24. The Morgan fingerprint density at radius 2 is 2.10 bits per heavy atom. The summed E-state index contributed by atoms with van der Waals surface area (Å²) in [6, 6.07) is 7.35. The van der Waals surface area contributed by atoms with Crippen molar-refractivity contribution < 1.29 is 10.2 Å². The van der Waals surface area contributed by atoms with Crippen LogP contribution in [0.1, 0.15) is 37.4 Å². The Balaban J connectivity index is 1.85. The molecule has 3 atom stereocenters. The van der Waals surface area contributed by atoms with E-state index in [1.165, 1.54) is 6.42 Å². The van der Waals surface area contributed by atoms with E-state index in [1.54, 1.807) is 12.1 Å². The summed E-state index contributed by atoms with van der Waals surface area (Å²) in [6.07, 6.45) is 3.60. The van der Waals surface area contributed by atoms with Crippen LogP contribution in [-0.4, -0.2) is 41.4 Å². The van der Waals surface area contributed by atoms with Gasteiger partial charge in [0, 0.05) is 18.1 Å². The van der Waals surface area contributed by atoms with Crippen LogP contribution in [0.3, 0.4) is 0 Å². The van der Waals surface area contributed by atoms with E-state index in [1.807, 2.05) is 19.2 Å². The van der Waals surface area contributed by atoms with E-state index >= 15 is 0 Å². The Morgan fingerprint density at radius 1 is 1.35 bits per heavy atom. The average Bonchev–Trinajstić information content (AvgIpc) is 2.41. The summed E-state index contributed by atoms with van der Waals surface area (Å²) in [5.74, 6) is 0.334. The third-order valence-electron chi connectivity index (χ3n) is 4.13. The molecule has 20 heavy (non-hydrogen) atoms. The van der Waals surface area contributed by atoms with Gasteiger partial charge < -0.3 is 15.1 Å². The summed E-state index contributed by atoms with van der Waals surface area (Å²) < 4.78 is 0. The summed E-state index contributed by atoms with van der Waals surface area (Å²) in [6.45, 7) is 1.39. The van der Waals surface area contributed by atoms with Gasteiger partial charge in [-0.25, -0.2) is 0 Å². The highest BCUT2D eigenvalue weighted by Crippen LogP contribution is 2.25. The van der Waals surface area contributed by atoms with Crippen molar-refractivity contribution in [3.8, 4) is 0 Å². The van der Waals surface area contributed by atoms with Crippen LogP contribution in [0.15, 0.2) is 24.3 Å². The standard InChI is InChI=1S/C16H24ClNO2/c1-18(10-13-5-2-3-8-15(13)19)11-16(20)12-6-4-7-14(17)9-12/h4,6-7,9,13,15-16,19-20H,2-3,5,8,10-11H2,1H3. The number of aliphatic hydroxyl groups excluding tert-OH is 2. The lowest BCUT2D eigenvalue weighted by molar-refractivity contribution is 0.0400. The van der Waals surface area contributed by atoms with Crippen molar-refractivity contribution in [1.82, 2.24) is 4.90 Å². The Labute approximate surface area is 126 Å². The molecule has 0 aromatic heterocycles. The molecule has 1 aliphatic carbocycles. The molecule has 3 unspecified atom stereocenters. The molecule has 2 rings (SSSR count). The minimum Gasteiger partial charge on any atom is -0.393 e. The van der Waals surface area contributed by atoms with Gasteiger partial charge in [-0.15, -0.1) is 0 Å². The molecule has 0 spiro atoms. The first-order valence-corrected chi connectivity index (χ1v) is 7.74. The van der Waals surface area contributed by atoms with Crippen molar-refractivity contribution in [2.75, 3.05) is 20.1 Å². The van der Waals surface area contributed by atoms with Gasteiger partial charge in [0.25, 0.3) is 0 Å². The predicted octanol–water partition coefficient (Wildman–Crippen LogP) is 2.86. The molecule has 0 radical (unpaired) electrons. The van der Waals surface area contributed by atoms with Gasteiger partial charge in [-0.1, -0.05) is 36.6 Å². The van der Waals surface area contributed by atoms with Crippen molar-refractivity contribution in [2.45, 2.75) is 37.9 Å². The Bertz CT molecular complexity index is 427. The first kappa shape index (κ1) is 15.8. The lowest BCUT2D eigenvalue weighted by Gasteiger charge is -2.32. The molecule has 1 fully saturated rings. The third kappa shape index (κ3) is 4.45. The molecule has 0 saturated heterocycles. The molecule has 2 N–H and O–H groups in total. The fraction of sp³-hybridized carbons (Fsp3) is 0.625. The second-order valence-corrected chi connectivity index (χ2v) is 6.34. The lowest BCUT2D eigenvalue weighted by atomic mass is 9.86. The van der Waals surface area contributed by atoms with E-state index in [-0.39, 0.29) is 6.10 Å². The minimum atomic E-state index is -0.542. The number of nitrogens with zero attached hydrogens (tertiary/aromatic N) is 1. The van der Waals surface area contributed by atoms with Crippen LogP contribution < -0.4 is 0 Å². The van der Waals surface area contributed by atoms with E-state index in [4.69, 9.17) is 11.6 Å². The van der Waals surface area contributed by atoms with Crippen molar-refractivity contribution in [2.24, 2.45) is 5.92 Å². The molecule has 1 aliphatic rings. The van der Waals surface area contributed by atoms with Crippen molar-refractivity contribution in [3.05, 3.63) is 34.9 Å². The van der Waals surface area contributed by atoms with Gasteiger partial charge in [-0.3, -0.25) is 0 Å². The molecule has 1 aromatic carbocycles. The maximum atomic E-state index is 10.2. The molecule has 0 aliphatic heterocycles. The zero-order chi connectivity index (χ0) is 14.5. The van der Waals surface area contributed by atoms with E-state index in [0.29, 0.717) is 17.5 Å². The van der Waals surface area contributed by atoms with Crippen molar-refractivity contribution in [1.29, 1.82) is 0 Å². The largest absolute Gasteiger partial charge is 0.393 e. The fourth-order valence-corrected chi connectivity index (χ4v) is 3.19. The summed E-state index contributed by atoms with van der Waals surface area (Å²) in [4.78, 5) is 2.10. The maximum absolute atomic E-state index is 10.2. The highest BCUT2D eigenvalue weighted by atomic mass is 35.5. The first-order chi connectivity index (χ1) is 9.56. The molecule has 0 heterocycles. The number of benzene rings is 1. The first-order valence-electron chi connectivity index (χ1n) is 7.36. The molecule has 1 saturated carbocycles. The summed E-state index contributed by atoms with van der Waals surface area (Å²) in [5, 5.41) is 20.9. The topological polar surface area (TPSA) is 43.7 Å². The normalized spacial score (nSPS) is 24.9. The Morgan fingerprint density at radius 3 is 2.80 bits per heavy atom. The fourth-order valence-electron chi connectivity index (χ4n) is 2.99. The zero-order valence-electron chi connectivity index (χ0n) is 12.0. The van der Waals surface area contributed by atoms with E-state index < -0.39 is 6.10 Å². The lowest BCUT2D eigenvalue weighted by Crippen LogP contribution is -2.36. The number of likely N-dealkylation sites (N-methyl/N-ethyl adjacent to an activating group) is 1. The number of rotatable bonds is 5. The van der Waals surface area contributed by atoms with Crippen LogP contribution in [0, 0.1) is 5.92 Å². The maximum Gasteiger partial charge on any atom is 0.0917 e. The van der Waals surface area contributed by atoms with Crippen molar-refractivity contribution >= 4 is 11.6 Å². The summed E-state index contributed by atoms with van der Waals surface area (Å²) >= 11 is 5.94. The molecular weight excluding hydrogens is 274 g/mol. The molecule has 112 valence electrons. The van der Waals surface area contributed by atoms with Gasteiger partial charge in [0.15, 0.2) is 0 Å².